The lowest BCUT2D eigenvalue weighted by atomic mass is 9.89. The summed E-state index contributed by atoms with van der Waals surface area (Å²) in [5.41, 5.74) is 5.97. The highest BCUT2D eigenvalue weighted by Gasteiger charge is 2.24. The summed E-state index contributed by atoms with van der Waals surface area (Å²) in [6.07, 6.45) is 3.45. The Bertz CT molecular complexity index is 491. The Balaban J connectivity index is 0.000000505. The summed E-state index contributed by atoms with van der Waals surface area (Å²) in [5.74, 6) is 0.417. The molecule has 1 aromatic carbocycles. The topological polar surface area (TPSA) is 72.6 Å². The standard InChI is InChI=1S/C16H23NO2.C3H7NO/c1-13-10-15(8-9-17(13)2)11-16(18)19-12-14-6-4-3-5-7-14;1-3(4)2-5/h3-7,13,15H,8-12H2,1-2H3;2-3H,4H2,1H3. The quantitative estimate of drug-likeness (QED) is 0.661. The normalized spacial score (nSPS) is 22.0. The van der Waals surface area contributed by atoms with Crippen molar-refractivity contribution in [1.29, 1.82) is 0 Å². The largest absolute Gasteiger partial charge is 0.461 e. The molecular formula is C19H30N2O3. The van der Waals surface area contributed by atoms with Gasteiger partial charge in [0.2, 0.25) is 0 Å². The Morgan fingerprint density at radius 1 is 1.42 bits per heavy atom. The number of carbonyl (C=O) groups is 2. The van der Waals surface area contributed by atoms with Gasteiger partial charge in [-0.25, -0.2) is 0 Å². The predicted molar refractivity (Wildman–Crippen MR) is 95.4 cm³/mol. The van der Waals surface area contributed by atoms with Gasteiger partial charge in [0.1, 0.15) is 12.9 Å². The minimum absolute atomic E-state index is 0.0643. The number of esters is 1. The maximum Gasteiger partial charge on any atom is 0.306 e. The van der Waals surface area contributed by atoms with Gasteiger partial charge < -0.3 is 20.2 Å². The minimum Gasteiger partial charge on any atom is -0.461 e. The number of aldehydes is 1. The van der Waals surface area contributed by atoms with Crippen molar-refractivity contribution in [3.05, 3.63) is 35.9 Å². The van der Waals surface area contributed by atoms with Crippen LogP contribution in [-0.2, 0) is 20.9 Å². The summed E-state index contributed by atoms with van der Waals surface area (Å²) in [5, 5.41) is 0. The second kappa shape index (κ2) is 10.9. The number of rotatable bonds is 5. The monoisotopic (exact) mass is 334 g/mol. The number of nitrogens with two attached hydrogens (primary N) is 1. The number of carbonyl (C=O) groups excluding carboxylic acids is 2. The first-order valence-electron chi connectivity index (χ1n) is 8.53. The first-order chi connectivity index (χ1) is 11.4. The molecule has 0 bridgehead atoms. The highest BCUT2D eigenvalue weighted by Crippen LogP contribution is 2.24. The molecule has 1 aliphatic heterocycles. The van der Waals surface area contributed by atoms with E-state index >= 15 is 0 Å². The molecule has 3 unspecified atom stereocenters. The summed E-state index contributed by atoms with van der Waals surface area (Å²) in [4.78, 5) is 23.6. The van der Waals surface area contributed by atoms with Crippen molar-refractivity contribution in [2.45, 2.75) is 51.8 Å². The lowest BCUT2D eigenvalue weighted by Crippen LogP contribution is -2.38. The molecule has 0 saturated carbocycles. The summed E-state index contributed by atoms with van der Waals surface area (Å²) >= 11 is 0. The molecule has 1 heterocycles. The van der Waals surface area contributed by atoms with E-state index in [0.717, 1.165) is 24.9 Å². The Morgan fingerprint density at radius 3 is 2.58 bits per heavy atom. The summed E-state index contributed by atoms with van der Waals surface area (Å²) in [6, 6.07) is 10.1. The Kier molecular flexibility index (Phi) is 9.27. The molecule has 5 nitrogen and oxygen atoms in total. The molecule has 1 aliphatic rings. The van der Waals surface area contributed by atoms with Crippen LogP contribution in [0.2, 0.25) is 0 Å². The van der Waals surface area contributed by atoms with Gasteiger partial charge >= 0.3 is 5.97 Å². The van der Waals surface area contributed by atoms with Crippen LogP contribution in [0.5, 0.6) is 0 Å². The van der Waals surface area contributed by atoms with Crippen LogP contribution in [-0.4, -0.2) is 42.8 Å². The molecule has 5 heteroatoms. The zero-order valence-electron chi connectivity index (χ0n) is 15.0. The molecule has 1 saturated heterocycles. The first kappa shape index (κ1) is 20.3. The van der Waals surface area contributed by atoms with Crippen LogP contribution in [0.15, 0.2) is 30.3 Å². The molecule has 1 fully saturated rings. The summed E-state index contributed by atoms with van der Waals surface area (Å²) in [7, 11) is 2.15. The van der Waals surface area contributed by atoms with E-state index < -0.39 is 0 Å². The molecule has 1 aromatic rings. The Labute approximate surface area is 145 Å². The van der Waals surface area contributed by atoms with Gasteiger partial charge in [-0.3, -0.25) is 4.79 Å². The number of benzene rings is 1. The van der Waals surface area contributed by atoms with Crippen LogP contribution in [0.3, 0.4) is 0 Å². The number of likely N-dealkylation sites (tertiary alicyclic amines) is 1. The van der Waals surface area contributed by atoms with Gasteiger partial charge in [0.15, 0.2) is 0 Å². The average Bonchev–Trinajstić information content (AvgIpc) is 2.58. The fraction of sp³-hybridized carbons (Fsp3) is 0.579. The first-order valence-corrected chi connectivity index (χ1v) is 8.53. The van der Waals surface area contributed by atoms with E-state index in [1.807, 2.05) is 30.3 Å². The maximum absolute atomic E-state index is 11.8. The third-order valence-electron chi connectivity index (χ3n) is 4.23. The van der Waals surface area contributed by atoms with Crippen molar-refractivity contribution in [3.63, 3.8) is 0 Å². The average molecular weight is 334 g/mol. The van der Waals surface area contributed by atoms with E-state index in [1.165, 1.54) is 0 Å². The van der Waals surface area contributed by atoms with Crippen molar-refractivity contribution >= 4 is 12.3 Å². The van der Waals surface area contributed by atoms with Crippen molar-refractivity contribution in [1.82, 2.24) is 4.90 Å². The van der Waals surface area contributed by atoms with E-state index in [-0.39, 0.29) is 12.0 Å². The molecule has 0 radical (unpaired) electrons. The second-order valence-electron chi connectivity index (χ2n) is 6.57. The second-order valence-corrected chi connectivity index (χ2v) is 6.57. The predicted octanol–water partition coefficient (Wildman–Crippen LogP) is 2.38. The zero-order valence-corrected chi connectivity index (χ0v) is 15.0. The molecule has 134 valence electrons. The van der Waals surface area contributed by atoms with Gasteiger partial charge in [-0.2, -0.15) is 0 Å². The molecular weight excluding hydrogens is 304 g/mol. The number of hydrogen-bond donors (Lipinski definition) is 1. The highest BCUT2D eigenvalue weighted by atomic mass is 16.5. The van der Waals surface area contributed by atoms with Crippen molar-refractivity contribution in [3.8, 4) is 0 Å². The molecule has 24 heavy (non-hydrogen) atoms. The van der Waals surface area contributed by atoms with Gasteiger partial charge in [-0.05, 0) is 51.8 Å². The van der Waals surface area contributed by atoms with Crippen LogP contribution in [0, 0.1) is 5.92 Å². The molecule has 0 aromatic heterocycles. The van der Waals surface area contributed by atoms with Gasteiger partial charge in [0.05, 0.1) is 6.04 Å². The Morgan fingerprint density at radius 2 is 2.04 bits per heavy atom. The third kappa shape index (κ3) is 8.22. The maximum atomic E-state index is 11.8. The van der Waals surface area contributed by atoms with E-state index in [2.05, 4.69) is 18.9 Å². The van der Waals surface area contributed by atoms with Crippen molar-refractivity contribution in [2.75, 3.05) is 13.6 Å². The molecule has 0 spiro atoms. The van der Waals surface area contributed by atoms with Gasteiger partial charge in [0, 0.05) is 12.5 Å². The number of nitrogens with zero attached hydrogens (tertiary/aromatic N) is 1. The van der Waals surface area contributed by atoms with Crippen LogP contribution >= 0.6 is 0 Å². The number of hydrogen-bond acceptors (Lipinski definition) is 5. The van der Waals surface area contributed by atoms with Crippen LogP contribution in [0.4, 0.5) is 0 Å². The molecule has 0 aliphatic carbocycles. The van der Waals surface area contributed by atoms with Crippen LogP contribution < -0.4 is 5.73 Å². The fourth-order valence-corrected chi connectivity index (χ4v) is 2.60. The van der Waals surface area contributed by atoms with E-state index in [1.54, 1.807) is 6.92 Å². The molecule has 0 amide bonds. The molecule has 2 rings (SSSR count). The zero-order chi connectivity index (χ0) is 17.9. The van der Waals surface area contributed by atoms with E-state index in [4.69, 9.17) is 10.5 Å². The molecule has 3 atom stereocenters. The van der Waals surface area contributed by atoms with Crippen molar-refractivity contribution in [2.24, 2.45) is 11.7 Å². The van der Waals surface area contributed by atoms with Gasteiger partial charge in [-0.1, -0.05) is 30.3 Å². The smallest absolute Gasteiger partial charge is 0.306 e. The van der Waals surface area contributed by atoms with Crippen LogP contribution in [0.1, 0.15) is 38.7 Å². The van der Waals surface area contributed by atoms with E-state index in [0.29, 0.717) is 31.3 Å². The van der Waals surface area contributed by atoms with Gasteiger partial charge in [-0.15, -0.1) is 0 Å². The SMILES string of the molecule is CC(N)C=O.CC1CC(CC(=O)OCc2ccccc2)CCN1C. The van der Waals surface area contributed by atoms with Crippen LogP contribution in [0.25, 0.3) is 0 Å². The minimum atomic E-state index is -0.296. The van der Waals surface area contributed by atoms with Gasteiger partial charge in [0.25, 0.3) is 0 Å². The van der Waals surface area contributed by atoms with E-state index in [9.17, 15) is 9.59 Å². The number of piperidine rings is 1. The lowest BCUT2D eigenvalue weighted by molar-refractivity contribution is -0.146. The third-order valence-corrected chi connectivity index (χ3v) is 4.23. The number of ether oxygens (including phenoxy) is 1. The summed E-state index contributed by atoms with van der Waals surface area (Å²) in [6.45, 7) is 5.33. The summed E-state index contributed by atoms with van der Waals surface area (Å²) < 4.78 is 5.34. The molecule has 2 N–H and O–H groups in total. The highest BCUT2D eigenvalue weighted by molar-refractivity contribution is 5.69. The fourth-order valence-electron chi connectivity index (χ4n) is 2.60. The Hall–Kier alpha value is -1.72. The van der Waals surface area contributed by atoms with Crippen molar-refractivity contribution < 1.29 is 14.3 Å². The lowest BCUT2D eigenvalue weighted by Gasteiger charge is -2.34.